The summed E-state index contributed by atoms with van der Waals surface area (Å²) in [6.07, 6.45) is 4.29. The van der Waals surface area contributed by atoms with Gasteiger partial charge < -0.3 is 24.1 Å². The topological polar surface area (TPSA) is 108 Å². The number of cyclic esters (lactones) is 1. The highest BCUT2D eigenvalue weighted by Crippen LogP contribution is 2.54. The molecule has 1 spiro atoms. The van der Waals surface area contributed by atoms with Crippen molar-refractivity contribution in [3.05, 3.63) is 42.0 Å². The smallest absolute Gasteiger partial charge is 0.320 e. The van der Waals surface area contributed by atoms with E-state index in [2.05, 4.69) is 19.9 Å². The van der Waals surface area contributed by atoms with E-state index in [0.717, 1.165) is 12.0 Å². The summed E-state index contributed by atoms with van der Waals surface area (Å²) in [5.74, 6) is -2.42. The van der Waals surface area contributed by atoms with Gasteiger partial charge in [-0.3, -0.25) is 14.4 Å². The molecular formula is C32H44O8. The van der Waals surface area contributed by atoms with Crippen molar-refractivity contribution in [3.8, 4) is 5.75 Å². The molecule has 3 aliphatic rings. The lowest BCUT2D eigenvalue weighted by molar-refractivity contribution is -0.218. The van der Waals surface area contributed by atoms with Crippen molar-refractivity contribution in [3.63, 3.8) is 0 Å². The molecule has 1 unspecified atom stereocenters. The first-order valence-electron chi connectivity index (χ1n) is 14.4. The van der Waals surface area contributed by atoms with Gasteiger partial charge in [0.1, 0.15) is 29.5 Å². The van der Waals surface area contributed by atoms with E-state index in [9.17, 15) is 19.5 Å². The molecule has 1 N–H and O–H groups in total. The zero-order valence-corrected chi connectivity index (χ0v) is 24.7. The number of hydrogen-bond donors (Lipinski definition) is 1. The van der Waals surface area contributed by atoms with Crippen LogP contribution in [0.15, 0.2) is 36.4 Å². The molecule has 9 atom stereocenters. The summed E-state index contributed by atoms with van der Waals surface area (Å²) in [5, 5.41) is 9.92. The van der Waals surface area contributed by atoms with E-state index in [1.165, 1.54) is 0 Å². The monoisotopic (exact) mass is 556 g/mol. The molecule has 220 valence electrons. The molecular weight excluding hydrogens is 512 g/mol. The molecule has 0 bridgehead atoms. The van der Waals surface area contributed by atoms with Gasteiger partial charge in [0.2, 0.25) is 0 Å². The van der Waals surface area contributed by atoms with E-state index in [1.54, 1.807) is 32.2 Å². The van der Waals surface area contributed by atoms with Crippen LogP contribution in [-0.4, -0.2) is 53.9 Å². The van der Waals surface area contributed by atoms with Crippen LogP contribution < -0.4 is 0 Å². The normalized spacial score (nSPS) is 34.9. The number of hydrogen-bond acceptors (Lipinski definition) is 8. The highest BCUT2D eigenvalue weighted by molar-refractivity contribution is 6.03. The molecule has 2 heterocycles. The minimum atomic E-state index is -1.18. The maximum Gasteiger partial charge on any atom is 0.320 e. The summed E-state index contributed by atoms with van der Waals surface area (Å²) in [4.78, 5) is 39.2. The Hall–Kier alpha value is -2.71. The van der Waals surface area contributed by atoms with Crippen molar-refractivity contribution in [1.29, 1.82) is 0 Å². The number of ketones is 1. The van der Waals surface area contributed by atoms with Gasteiger partial charge >= 0.3 is 11.9 Å². The third-order valence-corrected chi connectivity index (χ3v) is 9.25. The molecule has 1 aromatic carbocycles. The van der Waals surface area contributed by atoms with E-state index in [1.807, 2.05) is 32.9 Å². The van der Waals surface area contributed by atoms with Crippen LogP contribution in [0, 0.1) is 29.1 Å². The summed E-state index contributed by atoms with van der Waals surface area (Å²) < 4.78 is 23.7. The Kier molecular flexibility index (Phi) is 8.81. The summed E-state index contributed by atoms with van der Waals surface area (Å²) in [7, 11) is 1.66. The van der Waals surface area contributed by atoms with Crippen molar-refractivity contribution in [2.24, 2.45) is 29.1 Å². The molecule has 0 amide bonds. The number of phenolic OH excluding ortho intramolecular Hbond substituents is 1. The van der Waals surface area contributed by atoms with Gasteiger partial charge in [-0.15, -0.1) is 0 Å². The molecule has 8 heteroatoms. The molecule has 0 aromatic heterocycles. The number of benzene rings is 1. The van der Waals surface area contributed by atoms with Crippen LogP contribution in [0.4, 0.5) is 0 Å². The molecule has 4 rings (SSSR count). The van der Waals surface area contributed by atoms with Crippen molar-refractivity contribution in [1.82, 2.24) is 0 Å². The van der Waals surface area contributed by atoms with Crippen LogP contribution in [0.2, 0.25) is 0 Å². The van der Waals surface area contributed by atoms with Crippen molar-refractivity contribution in [2.75, 3.05) is 7.11 Å². The minimum absolute atomic E-state index is 0.0208. The van der Waals surface area contributed by atoms with Crippen LogP contribution >= 0.6 is 0 Å². The number of esters is 2. The zero-order valence-electron chi connectivity index (χ0n) is 24.7. The minimum Gasteiger partial charge on any atom is -0.508 e. The maximum absolute atomic E-state index is 13.8. The van der Waals surface area contributed by atoms with Crippen molar-refractivity contribution >= 4 is 17.7 Å². The molecule has 2 aliphatic heterocycles. The molecule has 1 saturated carbocycles. The number of Topliss-reactive ketones (excluding diaryl/α,β-unsaturated/α-hetero) is 1. The Balaban J connectivity index is 1.58. The van der Waals surface area contributed by atoms with Gasteiger partial charge in [-0.05, 0) is 55.2 Å². The van der Waals surface area contributed by atoms with Gasteiger partial charge in [-0.1, -0.05) is 58.9 Å². The first kappa shape index (κ1) is 30.3. The summed E-state index contributed by atoms with van der Waals surface area (Å²) in [5.41, 5.74) is -0.816. The fraction of sp³-hybridized carbons (Fsp3) is 0.656. The van der Waals surface area contributed by atoms with Crippen LogP contribution in [0.25, 0.3) is 0 Å². The van der Waals surface area contributed by atoms with Crippen LogP contribution in [0.3, 0.4) is 0 Å². The largest absolute Gasteiger partial charge is 0.508 e. The Morgan fingerprint density at radius 1 is 1.18 bits per heavy atom. The zero-order chi connectivity index (χ0) is 29.4. The lowest BCUT2D eigenvalue weighted by Crippen LogP contribution is -2.65. The first-order chi connectivity index (χ1) is 18.8. The molecule has 2 fully saturated rings. The number of methoxy groups -OCH3 is 1. The van der Waals surface area contributed by atoms with E-state index in [-0.39, 0.29) is 47.9 Å². The molecule has 1 aromatic rings. The van der Waals surface area contributed by atoms with E-state index < -0.39 is 41.1 Å². The second-order valence-electron chi connectivity index (χ2n) is 12.7. The predicted molar refractivity (Wildman–Crippen MR) is 148 cm³/mol. The number of aromatic hydroxyl groups is 1. The number of carbonyl (C=O) groups is 3. The van der Waals surface area contributed by atoms with Gasteiger partial charge in [0, 0.05) is 18.9 Å². The molecule has 40 heavy (non-hydrogen) atoms. The summed E-state index contributed by atoms with van der Waals surface area (Å²) in [6, 6.07) is 7.09. The van der Waals surface area contributed by atoms with Crippen LogP contribution in [0.5, 0.6) is 5.75 Å². The van der Waals surface area contributed by atoms with Crippen molar-refractivity contribution < 1.29 is 38.4 Å². The number of phenols is 1. The van der Waals surface area contributed by atoms with E-state index in [0.29, 0.717) is 12.8 Å². The third-order valence-electron chi connectivity index (χ3n) is 9.25. The quantitative estimate of drug-likeness (QED) is 0.260. The third kappa shape index (κ3) is 5.70. The molecule has 8 nitrogen and oxygen atoms in total. The summed E-state index contributed by atoms with van der Waals surface area (Å²) in [6.45, 7) is 11.8. The lowest BCUT2D eigenvalue weighted by Gasteiger charge is -2.56. The fourth-order valence-corrected chi connectivity index (χ4v) is 6.90. The Bertz CT molecular complexity index is 1140. The lowest BCUT2D eigenvalue weighted by atomic mass is 9.55. The molecule has 1 aliphatic carbocycles. The Labute approximate surface area is 237 Å². The van der Waals surface area contributed by atoms with Gasteiger partial charge in [0.15, 0.2) is 5.78 Å². The highest BCUT2D eigenvalue weighted by Gasteiger charge is 2.63. The number of carbonyl (C=O) groups excluding carboxylic acids is 3. The van der Waals surface area contributed by atoms with Gasteiger partial charge in [-0.25, -0.2) is 0 Å². The molecule has 1 saturated heterocycles. The highest BCUT2D eigenvalue weighted by atomic mass is 16.6. The predicted octanol–water partition coefficient (Wildman–Crippen LogP) is 5.32. The number of rotatable bonds is 8. The second-order valence-corrected chi connectivity index (χ2v) is 12.7. The maximum atomic E-state index is 13.8. The standard InChI is InChI=1S/C32H44O8/c1-18(11-12-24(37-7)22-9-8-10-23(33)15-22)29-19(2)13-14-32(40-29)27(28(35)20(3)17-31(32,5)6)30(36)39-25-16-26(34)38-21(25)4/h8-10,13-15,18-21,24-25,27,29,33H,11-12,16-17H2,1-7H3/t18-,19-,20+,21+,24-,25+,27?,29+,32-/m0/s1. The first-order valence-corrected chi connectivity index (χ1v) is 14.4. The average molecular weight is 557 g/mol. The number of ether oxygens (including phenoxy) is 4. The van der Waals surface area contributed by atoms with Gasteiger partial charge in [0.05, 0.1) is 18.6 Å². The Morgan fingerprint density at radius 3 is 2.52 bits per heavy atom. The van der Waals surface area contributed by atoms with Crippen LogP contribution in [0.1, 0.15) is 78.9 Å². The van der Waals surface area contributed by atoms with E-state index >= 15 is 0 Å². The fourth-order valence-electron chi connectivity index (χ4n) is 6.90. The molecule has 0 radical (unpaired) electrons. The van der Waals surface area contributed by atoms with Gasteiger partial charge in [0.25, 0.3) is 0 Å². The summed E-state index contributed by atoms with van der Waals surface area (Å²) >= 11 is 0. The van der Waals surface area contributed by atoms with Crippen LogP contribution in [-0.2, 0) is 33.3 Å². The SMILES string of the molecule is CO[C@@H](CC[C@H](C)[C@H]1O[C@@]2(C=C[C@@H]1C)C(C(=O)O[C@@H]1CC(=O)O[C@@H]1C)C(=O)[C@H](C)CC2(C)C)c1cccc(O)c1. The second kappa shape index (κ2) is 11.6. The average Bonchev–Trinajstić information content (AvgIpc) is 3.20. The van der Waals surface area contributed by atoms with Gasteiger partial charge in [-0.2, -0.15) is 0 Å². The van der Waals surface area contributed by atoms with Crippen molar-refractivity contribution in [2.45, 2.75) is 97.2 Å². The Morgan fingerprint density at radius 2 is 1.90 bits per heavy atom. The van der Waals surface area contributed by atoms with E-state index in [4.69, 9.17) is 18.9 Å².